The van der Waals surface area contributed by atoms with Crippen molar-refractivity contribution >= 4 is 5.91 Å². The van der Waals surface area contributed by atoms with E-state index >= 15 is 0 Å². The first kappa shape index (κ1) is 15.0. The third-order valence-corrected chi connectivity index (χ3v) is 4.09. The van der Waals surface area contributed by atoms with E-state index in [1.807, 2.05) is 17.0 Å². The van der Waals surface area contributed by atoms with Crippen molar-refractivity contribution in [1.29, 1.82) is 0 Å². The zero-order valence-electron chi connectivity index (χ0n) is 12.7. The SMILES string of the molecule is CC[C@H]1CN(C(=O)Cc2cccnc2)CCN1C(C)C. The van der Waals surface area contributed by atoms with E-state index in [1.54, 1.807) is 12.4 Å². The number of amides is 1. The zero-order valence-corrected chi connectivity index (χ0v) is 12.7. The van der Waals surface area contributed by atoms with Gasteiger partial charge >= 0.3 is 0 Å². The van der Waals surface area contributed by atoms with E-state index in [0.29, 0.717) is 18.5 Å². The second-order valence-electron chi connectivity index (χ2n) is 5.77. The first-order valence-corrected chi connectivity index (χ1v) is 7.54. The minimum absolute atomic E-state index is 0.222. The summed E-state index contributed by atoms with van der Waals surface area (Å²) in [7, 11) is 0. The lowest BCUT2D eigenvalue weighted by atomic mass is 10.1. The van der Waals surface area contributed by atoms with Gasteiger partial charge in [-0.05, 0) is 31.9 Å². The van der Waals surface area contributed by atoms with Crippen LogP contribution in [-0.4, -0.2) is 52.4 Å². The summed E-state index contributed by atoms with van der Waals surface area (Å²) < 4.78 is 0. The van der Waals surface area contributed by atoms with Gasteiger partial charge in [-0.25, -0.2) is 0 Å². The third-order valence-electron chi connectivity index (χ3n) is 4.09. The number of pyridine rings is 1. The molecule has 2 heterocycles. The van der Waals surface area contributed by atoms with E-state index in [2.05, 4.69) is 30.7 Å². The normalized spacial score (nSPS) is 20.4. The summed E-state index contributed by atoms with van der Waals surface area (Å²) in [5.74, 6) is 0.222. The molecule has 0 spiro atoms. The first-order valence-electron chi connectivity index (χ1n) is 7.54. The molecule has 0 unspecified atom stereocenters. The average molecular weight is 275 g/mol. The van der Waals surface area contributed by atoms with Gasteiger partial charge in [0.05, 0.1) is 6.42 Å². The molecule has 4 heteroatoms. The van der Waals surface area contributed by atoms with Crippen LogP contribution in [0.1, 0.15) is 32.8 Å². The number of rotatable bonds is 4. The number of aromatic nitrogens is 1. The molecular weight excluding hydrogens is 250 g/mol. The van der Waals surface area contributed by atoms with Crippen LogP contribution in [0.2, 0.25) is 0 Å². The van der Waals surface area contributed by atoms with Gasteiger partial charge in [0.1, 0.15) is 0 Å². The Hall–Kier alpha value is -1.42. The highest BCUT2D eigenvalue weighted by Crippen LogP contribution is 2.16. The monoisotopic (exact) mass is 275 g/mol. The van der Waals surface area contributed by atoms with Gasteiger partial charge in [0.2, 0.25) is 5.91 Å². The molecule has 1 saturated heterocycles. The Balaban J connectivity index is 1.95. The zero-order chi connectivity index (χ0) is 14.5. The minimum Gasteiger partial charge on any atom is -0.340 e. The Bertz CT molecular complexity index is 433. The van der Waals surface area contributed by atoms with Crippen molar-refractivity contribution in [3.05, 3.63) is 30.1 Å². The lowest BCUT2D eigenvalue weighted by molar-refractivity contribution is -0.134. The highest BCUT2D eigenvalue weighted by Gasteiger charge is 2.29. The van der Waals surface area contributed by atoms with Crippen LogP contribution in [0.15, 0.2) is 24.5 Å². The Kier molecular flexibility index (Phi) is 5.12. The van der Waals surface area contributed by atoms with Crippen molar-refractivity contribution in [3.63, 3.8) is 0 Å². The molecule has 1 aliphatic heterocycles. The van der Waals surface area contributed by atoms with Gasteiger partial charge in [0.25, 0.3) is 0 Å². The van der Waals surface area contributed by atoms with Crippen molar-refractivity contribution in [3.8, 4) is 0 Å². The van der Waals surface area contributed by atoms with Crippen LogP contribution < -0.4 is 0 Å². The van der Waals surface area contributed by atoms with Crippen LogP contribution >= 0.6 is 0 Å². The summed E-state index contributed by atoms with van der Waals surface area (Å²) in [5, 5.41) is 0. The van der Waals surface area contributed by atoms with Crippen LogP contribution in [-0.2, 0) is 11.2 Å². The van der Waals surface area contributed by atoms with E-state index in [1.165, 1.54) is 0 Å². The lowest BCUT2D eigenvalue weighted by Crippen LogP contribution is -2.56. The van der Waals surface area contributed by atoms with Gasteiger partial charge in [-0.2, -0.15) is 0 Å². The Morgan fingerprint density at radius 1 is 1.45 bits per heavy atom. The van der Waals surface area contributed by atoms with Gasteiger partial charge in [-0.1, -0.05) is 13.0 Å². The second kappa shape index (κ2) is 6.84. The van der Waals surface area contributed by atoms with Crippen LogP contribution in [0.5, 0.6) is 0 Å². The topological polar surface area (TPSA) is 36.4 Å². The molecule has 1 amide bonds. The molecule has 4 nitrogen and oxygen atoms in total. The van der Waals surface area contributed by atoms with E-state index in [4.69, 9.17) is 0 Å². The van der Waals surface area contributed by atoms with Crippen LogP contribution in [0.4, 0.5) is 0 Å². The summed E-state index contributed by atoms with van der Waals surface area (Å²) in [6.45, 7) is 9.34. The first-order chi connectivity index (χ1) is 9.61. The number of carbonyl (C=O) groups excluding carboxylic acids is 1. The fourth-order valence-corrected chi connectivity index (χ4v) is 2.93. The van der Waals surface area contributed by atoms with E-state index in [9.17, 15) is 4.79 Å². The van der Waals surface area contributed by atoms with Crippen molar-refractivity contribution in [1.82, 2.24) is 14.8 Å². The molecule has 0 saturated carbocycles. The van der Waals surface area contributed by atoms with Gasteiger partial charge in [-0.15, -0.1) is 0 Å². The number of hydrogen-bond acceptors (Lipinski definition) is 3. The molecule has 0 N–H and O–H groups in total. The molecule has 1 atom stereocenters. The molecule has 2 rings (SSSR count). The van der Waals surface area contributed by atoms with Crippen LogP contribution in [0.25, 0.3) is 0 Å². The van der Waals surface area contributed by atoms with Crippen LogP contribution in [0, 0.1) is 0 Å². The molecule has 20 heavy (non-hydrogen) atoms. The van der Waals surface area contributed by atoms with Gasteiger partial charge in [0.15, 0.2) is 0 Å². The molecule has 0 bridgehead atoms. The Morgan fingerprint density at radius 2 is 2.25 bits per heavy atom. The summed E-state index contributed by atoms with van der Waals surface area (Å²) in [6, 6.07) is 4.89. The highest BCUT2D eigenvalue weighted by atomic mass is 16.2. The van der Waals surface area contributed by atoms with Gasteiger partial charge < -0.3 is 4.90 Å². The van der Waals surface area contributed by atoms with Crippen molar-refractivity contribution in [2.24, 2.45) is 0 Å². The summed E-state index contributed by atoms with van der Waals surface area (Å²) in [6.07, 6.45) is 5.07. The smallest absolute Gasteiger partial charge is 0.227 e. The quantitative estimate of drug-likeness (QED) is 0.843. The molecule has 1 aliphatic rings. The summed E-state index contributed by atoms with van der Waals surface area (Å²) in [4.78, 5) is 21.0. The maximum atomic E-state index is 12.4. The average Bonchev–Trinajstić information content (AvgIpc) is 2.47. The summed E-state index contributed by atoms with van der Waals surface area (Å²) >= 11 is 0. The molecule has 1 aromatic heterocycles. The number of hydrogen-bond donors (Lipinski definition) is 0. The Morgan fingerprint density at radius 3 is 2.85 bits per heavy atom. The lowest BCUT2D eigenvalue weighted by Gasteiger charge is -2.43. The number of carbonyl (C=O) groups is 1. The second-order valence-corrected chi connectivity index (χ2v) is 5.77. The maximum Gasteiger partial charge on any atom is 0.227 e. The summed E-state index contributed by atoms with van der Waals surface area (Å²) in [5.41, 5.74) is 0.997. The molecule has 1 fully saturated rings. The molecule has 0 aromatic carbocycles. The Labute approximate surface area is 121 Å². The standard InChI is InChI=1S/C16H25N3O/c1-4-15-12-18(8-9-19(15)13(2)3)16(20)10-14-6-5-7-17-11-14/h5-7,11,13,15H,4,8-10,12H2,1-3H3/t15-/m0/s1. The highest BCUT2D eigenvalue weighted by molar-refractivity contribution is 5.78. The van der Waals surface area contributed by atoms with Crippen molar-refractivity contribution in [2.75, 3.05) is 19.6 Å². The van der Waals surface area contributed by atoms with Gasteiger partial charge in [0, 0.05) is 44.1 Å². The largest absolute Gasteiger partial charge is 0.340 e. The van der Waals surface area contributed by atoms with Crippen LogP contribution in [0.3, 0.4) is 0 Å². The van der Waals surface area contributed by atoms with E-state index < -0.39 is 0 Å². The maximum absolute atomic E-state index is 12.4. The van der Waals surface area contributed by atoms with Crippen molar-refractivity contribution < 1.29 is 4.79 Å². The molecule has 110 valence electrons. The number of nitrogens with zero attached hydrogens (tertiary/aromatic N) is 3. The van der Waals surface area contributed by atoms with Gasteiger partial charge in [-0.3, -0.25) is 14.7 Å². The molecule has 1 aromatic rings. The number of piperazine rings is 1. The fraction of sp³-hybridized carbons (Fsp3) is 0.625. The van der Waals surface area contributed by atoms with Crippen molar-refractivity contribution in [2.45, 2.75) is 45.7 Å². The third kappa shape index (κ3) is 3.57. The molecular formula is C16H25N3O. The predicted molar refractivity (Wildman–Crippen MR) is 80.4 cm³/mol. The van der Waals surface area contributed by atoms with E-state index in [0.717, 1.165) is 31.6 Å². The molecule has 0 aliphatic carbocycles. The fourth-order valence-electron chi connectivity index (χ4n) is 2.93. The predicted octanol–water partition coefficient (Wildman–Crippen LogP) is 1.96. The van der Waals surface area contributed by atoms with E-state index in [-0.39, 0.29) is 5.91 Å². The molecule has 0 radical (unpaired) electrons. The minimum atomic E-state index is 0.222.